The van der Waals surface area contributed by atoms with Crippen molar-refractivity contribution in [2.75, 3.05) is 44.2 Å². The van der Waals surface area contributed by atoms with Gasteiger partial charge in [-0.2, -0.15) is 26.3 Å². The van der Waals surface area contributed by atoms with E-state index in [9.17, 15) is 31.1 Å². The van der Waals surface area contributed by atoms with Gasteiger partial charge in [0.25, 0.3) is 0 Å². The van der Waals surface area contributed by atoms with Crippen LogP contribution in [0.2, 0.25) is 5.02 Å². The molecular formula is C20H18ClF6N3O2. The van der Waals surface area contributed by atoms with Crippen LogP contribution < -0.4 is 4.90 Å². The zero-order valence-corrected chi connectivity index (χ0v) is 17.3. The minimum Gasteiger partial charge on any atom is -0.461 e. The van der Waals surface area contributed by atoms with Crippen molar-refractivity contribution in [2.45, 2.75) is 12.4 Å². The lowest BCUT2D eigenvalue weighted by atomic mass is 10.1. The number of anilines is 1. The first-order chi connectivity index (χ1) is 14.9. The number of rotatable bonds is 5. The zero-order chi connectivity index (χ0) is 23.5. The summed E-state index contributed by atoms with van der Waals surface area (Å²) in [7, 11) is 0. The third-order valence-corrected chi connectivity index (χ3v) is 5.17. The Labute approximate surface area is 184 Å². The van der Waals surface area contributed by atoms with Crippen molar-refractivity contribution in [1.29, 1.82) is 0 Å². The highest BCUT2D eigenvalue weighted by atomic mass is 35.5. The number of piperazine rings is 1. The van der Waals surface area contributed by atoms with Crippen molar-refractivity contribution in [3.05, 3.63) is 58.2 Å². The molecule has 1 saturated heterocycles. The van der Waals surface area contributed by atoms with Crippen LogP contribution >= 0.6 is 11.6 Å². The monoisotopic (exact) mass is 481 g/mol. The van der Waals surface area contributed by atoms with Crippen LogP contribution in [0, 0.1) is 0 Å². The number of halogens is 7. The highest BCUT2D eigenvalue weighted by Gasteiger charge is 2.33. The fourth-order valence-electron chi connectivity index (χ4n) is 3.17. The summed E-state index contributed by atoms with van der Waals surface area (Å²) < 4.78 is 81.6. The van der Waals surface area contributed by atoms with Gasteiger partial charge in [-0.15, -0.1) is 0 Å². The lowest BCUT2D eigenvalue weighted by molar-refractivity contribution is -0.138. The molecular weight excluding hydrogens is 464 g/mol. The number of pyridine rings is 1. The Bertz CT molecular complexity index is 959. The number of benzene rings is 1. The lowest BCUT2D eigenvalue weighted by Crippen LogP contribution is -2.47. The first-order valence-electron chi connectivity index (χ1n) is 9.49. The molecule has 2 heterocycles. The zero-order valence-electron chi connectivity index (χ0n) is 16.5. The molecule has 1 aromatic carbocycles. The van der Waals surface area contributed by atoms with Crippen LogP contribution in [0.1, 0.15) is 21.5 Å². The predicted octanol–water partition coefficient (Wildman–Crippen LogP) is 4.75. The minimum atomic E-state index is -4.55. The van der Waals surface area contributed by atoms with Gasteiger partial charge in [0.15, 0.2) is 0 Å². The molecule has 0 saturated carbocycles. The van der Waals surface area contributed by atoms with Gasteiger partial charge in [-0.25, -0.2) is 9.78 Å². The Morgan fingerprint density at radius 2 is 1.66 bits per heavy atom. The summed E-state index contributed by atoms with van der Waals surface area (Å²) >= 11 is 5.98. The van der Waals surface area contributed by atoms with Gasteiger partial charge in [0.2, 0.25) is 0 Å². The van der Waals surface area contributed by atoms with Crippen molar-refractivity contribution in [3.8, 4) is 0 Å². The summed E-state index contributed by atoms with van der Waals surface area (Å²) in [6.07, 6.45) is -8.35. The largest absolute Gasteiger partial charge is 0.461 e. The maximum Gasteiger partial charge on any atom is 0.417 e. The van der Waals surface area contributed by atoms with Crippen LogP contribution in [0.25, 0.3) is 0 Å². The van der Waals surface area contributed by atoms with Crippen molar-refractivity contribution in [1.82, 2.24) is 9.88 Å². The Balaban J connectivity index is 1.47. The second kappa shape index (κ2) is 9.53. The smallest absolute Gasteiger partial charge is 0.417 e. The van der Waals surface area contributed by atoms with Crippen molar-refractivity contribution in [2.24, 2.45) is 0 Å². The molecule has 3 rings (SSSR count). The van der Waals surface area contributed by atoms with Gasteiger partial charge < -0.3 is 9.64 Å². The SMILES string of the molecule is O=C(OCCN1CCN(c2ncc(C(F)(F)F)cc2Cl)CC1)c1cccc(C(F)(F)F)c1. The molecule has 0 unspecified atom stereocenters. The quantitative estimate of drug-likeness (QED) is 0.455. The molecule has 1 aliphatic rings. The number of ether oxygens (including phenoxy) is 1. The summed E-state index contributed by atoms with van der Waals surface area (Å²) in [6.45, 7) is 2.25. The maximum absolute atomic E-state index is 12.8. The topological polar surface area (TPSA) is 45.7 Å². The highest BCUT2D eigenvalue weighted by Crippen LogP contribution is 2.34. The van der Waals surface area contributed by atoms with E-state index in [0.29, 0.717) is 32.7 Å². The average Bonchev–Trinajstić information content (AvgIpc) is 2.73. The normalized spacial score (nSPS) is 15.7. The fourth-order valence-corrected chi connectivity index (χ4v) is 3.46. The number of aromatic nitrogens is 1. The van der Waals surface area contributed by atoms with Crippen LogP contribution in [-0.4, -0.2) is 55.2 Å². The molecule has 2 aromatic rings. The van der Waals surface area contributed by atoms with Gasteiger partial charge in [0, 0.05) is 38.9 Å². The lowest BCUT2D eigenvalue weighted by Gasteiger charge is -2.35. The van der Waals surface area contributed by atoms with E-state index in [-0.39, 0.29) is 23.0 Å². The second-order valence-corrected chi connectivity index (χ2v) is 7.48. The first kappa shape index (κ1) is 24.1. The standard InChI is InChI=1S/C20H18ClF6N3O2/c21-16-11-15(20(25,26)27)12-28-17(16)30-6-4-29(5-7-30)8-9-32-18(31)13-2-1-3-14(10-13)19(22,23)24/h1-3,10-12H,4-9H2. The number of esters is 1. The summed E-state index contributed by atoms with van der Waals surface area (Å²) in [5, 5.41) is -0.0942. The molecule has 0 bridgehead atoms. The van der Waals surface area contributed by atoms with Crippen LogP contribution in [0.5, 0.6) is 0 Å². The Hall–Kier alpha value is -2.53. The average molecular weight is 482 g/mol. The van der Waals surface area contributed by atoms with E-state index in [1.165, 1.54) is 6.07 Å². The van der Waals surface area contributed by atoms with E-state index in [2.05, 4.69) is 4.98 Å². The second-order valence-electron chi connectivity index (χ2n) is 7.07. The fraction of sp³-hybridized carbons (Fsp3) is 0.400. The van der Waals surface area contributed by atoms with Crippen LogP contribution in [0.4, 0.5) is 32.2 Å². The molecule has 0 atom stereocenters. The van der Waals surface area contributed by atoms with Crippen molar-refractivity contribution in [3.63, 3.8) is 0 Å². The maximum atomic E-state index is 12.8. The molecule has 1 fully saturated rings. The van der Waals surface area contributed by atoms with Crippen molar-refractivity contribution < 1.29 is 35.9 Å². The van der Waals surface area contributed by atoms with E-state index in [1.54, 1.807) is 4.90 Å². The molecule has 0 aliphatic carbocycles. The van der Waals surface area contributed by atoms with E-state index in [0.717, 1.165) is 30.5 Å². The van der Waals surface area contributed by atoms with Crippen LogP contribution in [-0.2, 0) is 17.1 Å². The molecule has 12 heteroatoms. The molecule has 0 amide bonds. The van der Waals surface area contributed by atoms with E-state index >= 15 is 0 Å². The predicted molar refractivity (Wildman–Crippen MR) is 105 cm³/mol. The van der Waals surface area contributed by atoms with Crippen molar-refractivity contribution >= 4 is 23.4 Å². The summed E-state index contributed by atoms with van der Waals surface area (Å²) in [5.41, 5.74) is -2.04. The number of nitrogens with zero attached hydrogens (tertiary/aromatic N) is 3. The van der Waals surface area contributed by atoms with E-state index in [1.807, 2.05) is 4.90 Å². The van der Waals surface area contributed by atoms with Gasteiger partial charge in [-0.05, 0) is 24.3 Å². The van der Waals surface area contributed by atoms with Crippen LogP contribution in [0.15, 0.2) is 36.5 Å². The number of carbonyl (C=O) groups excluding carboxylic acids is 1. The molecule has 1 aliphatic heterocycles. The molecule has 174 valence electrons. The number of hydrogen-bond acceptors (Lipinski definition) is 5. The third-order valence-electron chi connectivity index (χ3n) is 4.89. The first-order valence-corrected chi connectivity index (χ1v) is 9.87. The summed E-state index contributed by atoms with van der Waals surface area (Å²) in [5.74, 6) is -0.592. The summed E-state index contributed by atoms with van der Waals surface area (Å²) in [4.78, 5) is 19.6. The molecule has 0 radical (unpaired) electrons. The van der Waals surface area contributed by atoms with Crippen LogP contribution in [0.3, 0.4) is 0 Å². The Kier molecular flexibility index (Phi) is 7.19. The van der Waals surface area contributed by atoms with Gasteiger partial charge in [-0.3, -0.25) is 4.90 Å². The molecule has 32 heavy (non-hydrogen) atoms. The summed E-state index contributed by atoms with van der Waals surface area (Å²) in [6, 6.07) is 4.83. The van der Waals surface area contributed by atoms with Gasteiger partial charge in [0.1, 0.15) is 12.4 Å². The van der Waals surface area contributed by atoms with E-state index < -0.39 is 29.4 Å². The third kappa shape index (κ3) is 6.04. The number of hydrogen-bond donors (Lipinski definition) is 0. The van der Waals surface area contributed by atoms with E-state index in [4.69, 9.17) is 16.3 Å². The Morgan fingerprint density at radius 3 is 2.25 bits per heavy atom. The highest BCUT2D eigenvalue weighted by molar-refractivity contribution is 6.33. The number of carbonyl (C=O) groups is 1. The van der Waals surface area contributed by atoms with Gasteiger partial charge >= 0.3 is 18.3 Å². The molecule has 0 N–H and O–H groups in total. The minimum absolute atomic E-state index is 0.0195. The molecule has 0 spiro atoms. The number of alkyl halides is 6. The van der Waals surface area contributed by atoms with Gasteiger partial charge in [-0.1, -0.05) is 17.7 Å². The molecule has 5 nitrogen and oxygen atoms in total. The Morgan fingerprint density at radius 1 is 1.00 bits per heavy atom. The van der Waals surface area contributed by atoms with Gasteiger partial charge in [0.05, 0.1) is 21.7 Å². The molecule has 1 aromatic heterocycles.